The van der Waals surface area contributed by atoms with Crippen LogP contribution in [0.4, 0.5) is 5.95 Å². The summed E-state index contributed by atoms with van der Waals surface area (Å²) in [7, 11) is 0. The van der Waals surface area contributed by atoms with Crippen molar-refractivity contribution in [3.8, 4) is 0 Å². The fourth-order valence-corrected chi connectivity index (χ4v) is 2.72. The maximum atomic E-state index is 4.45. The standard InChI is InChI=1S/C15H27N3/c1-12(2)11-18-10-9-16-14(18)17-13-5-7-15(3,4)8-6-13/h9-10,12-13H,5-8,11H2,1-4H3,(H,16,17). The lowest BCUT2D eigenvalue weighted by Gasteiger charge is -2.34. The molecule has 0 aromatic carbocycles. The van der Waals surface area contributed by atoms with Crippen LogP contribution >= 0.6 is 0 Å². The zero-order valence-electron chi connectivity index (χ0n) is 12.2. The third kappa shape index (κ3) is 3.50. The predicted octanol–water partition coefficient (Wildman–Crippen LogP) is 3.92. The predicted molar refractivity (Wildman–Crippen MR) is 76.7 cm³/mol. The maximum Gasteiger partial charge on any atom is 0.202 e. The van der Waals surface area contributed by atoms with Gasteiger partial charge in [0.15, 0.2) is 0 Å². The Kier molecular flexibility index (Phi) is 3.98. The van der Waals surface area contributed by atoms with E-state index in [9.17, 15) is 0 Å². The quantitative estimate of drug-likeness (QED) is 0.876. The summed E-state index contributed by atoms with van der Waals surface area (Å²) < 4.78 is 2.24. The van der Waals surface area contributed by atoms with Crippen LogP contribution in [0.3, 0.4) is 0 Å². The van der Waals surface area contributed by atoms with Gasteiger partial charge in [0.25, 0.3) is 0 Å². The van der Waals surface area contributed by atoms with Crippen LogP contribution in [0.15, 0.2) is 12.4 Å². The molecule has 0 atom stereocenters. The molecule has 0 amide bonds. The van der Waals surface area contributed by atoms with Crippen LogP contribution in [-0.4, -0.2) is 15.6 Å². The first-order chi connectivity index (χ1) is 8.46. The van der Waals surface area contributed by atoms with Crippen LogP contribution in [0.2, 0.25) is 0 Å². The van der Waals surface area contributed by atoms with E-state index in [1.54, 1.807) is 0 Å². The Labute approximate surface area is 111 Å². The fraction of sp³-hybridized carbons (Fsp3) is 0.800. The van der Waals surface area contributed by atoms with Crippen molar-refractivity contribution < 1.29 is 0 Å². The molecule has 0 spiro atoms. The monoisotopic (exact) mass is 249 g/mol. The Morgan fingerprint density at radius 3 is 2.67 bits per heavy atom. The third-order valence-corrected chi connectivity index (χ3v) is 3.95. The van der Waals surface area contributed by atoms with E-state index >= 15 is 0 Å². The lowest BCUT2D eigenvalue weighted by atomic mass is 9.76. The molecule has 18 heavy (non-hydrogen) atoms. The molecule has 1 saturated carbocycles. The zero-order chi connectivity index (χ0) is 13.2. The van der Waals surface area contributed by atoms with Gasteiger partial charge >= 0.3 is 0 Å². The van der Waals surface area contributed by atoms with Crippen molar-refractivity contribution in [2.75, 3.05) is 5.32 Å². The van der Waals surface area contributed by atoms with E-state index in [4.69, 9.17) is 0 Å². The molecule has 3 heteroatoms. The third-order valence-electron chi connectivity index (χ3n) is 3.95. The summed E-state index contributed by atoms with van der Waals surface area (Å²) in [4.78, 5) is 4.45. The summed E-state index contributed by atoms with van der Waals surface area (Å²) in [6.45, 7) is 10.3. The highest BCUT2D eigenvalue weighted by molar-refractivity contribution is 5.27. The van der Waals surface area contributed by atoms with E-state index in [1.807, 2.05) is 6.20 Å². The van der Waals surface area contributed by atoms with E-state index in [1.165, 1.54) is 25.7 Å². The number of nitrogens with zero attached hydrogens (tertiary/aromatic N) is 2. The van der Waals surface area contributed by atoms with Crippen LogP contribution in [0.5, 0.6) is 0 Å². The van der Waals surface area contributed by atoms with Crippen molar-refractivity contribution in [2.24, 2.45) is 11.3 Å². The molecular formula is C15H27N3. The van der Waals surface area contributed by atoms with Crippen molar-refractivity contribution in [2.45, 2.75) is 66.0 Å². The highest BCUT2D eigenvalue weighted by atomic mass is 15.2. The largest absolute Gasteiger partial charge is 0.353 e. The summed E-state index contributed by atoms with van der Waals surface area (Å²) >= 11 is 0. The van der Waals surface area contributed by atoms with Crippen LogP contribution in [0.25, 0.3) is 0 Å². The molecule has 2 rings (SSSR count). The molecule has 0 saturated heterocycles. The molecule has 1 aliphatic carbocycles. The Morgan fingerprint density at radius 1 is 1.39 bits per heavy atom. The van der Waals surface area contributed by atoms with Gasteiger partial charge in [-0.1, -0.05) is 27.7 Å². The number of aromatic nitrogens is 2. The van der Waals surface area contributed by atoms with Gasteiger partial charge in [0.2, 0.25) is 5.95 Å². The van der Waals surface area contributed by atoms with Gasteiger partial charge in [0.1, 0.15) is 0 Å². The molecule has 1 heterocycles. The van der Waals surface area contributed by atoms with Gasteiger partial charge in [-0.25, -0.2) is 4.98 Å². The lowest BCUT2D eigenvalue weighted by Crippen LogP contribution is -2.31. The molecule has 0 bridgehead atoms. The lowest BCUT2D eigenvalue weighted by molar-refractivity contribution is 0.232. The maximum absolute atomic E-state index is 4.45. The van der Waals surface area contributed by atoms with Crippen LogP contribution in [0, 0.1) is 11.3 Å². The summed E-state index contributed by atoms with van der Waals surface area (Å²) in [6, 6.07) is 0.603. The Balaban J connectivity index is 1.92. The average molecular weight is 249 g/mol. The second-order valence-electron chi connectivity index (χ2n) is 6.88. The fourth-order valence-electron chi connectivity index (χ4n) is 2.72. The molecule has 1 fully saturated rings. The molecule has 0 unspecified atom stereocenters. The van der Waals surface area contributed by atoms with Crippen molar-refractivity contribution >= 4 is 5.95 Å². The van der Waals surface area contributed by atoms with Gasteiger partial charge in [0, 0.05) is 25.0 Å². The minimum Gasteiger partial charge on any atom is -0.353 e. The van der Waals surface area contributed by atoms with Gasteiger partial charge in [-0.05, 0) is 37.0 Å². The number of anilines is 1. The van der Waals surface area contributed by atoms with E-state index < -0.39 is 0 Å². The molecule has 1 aromatic heterocycles. The molecule has 3 nitrogen and oxygen atoms in total. The number of rotatable bonds is 4. The molecule has 1 aliphatic rings. The summed E-state index contributed by atoms with van der Waals surface area (Å²) in [6.07, 6.45) is 9.14. The highest BCUT2D eigenvalue weighted by Crippen LogP contribution is 2.35. The van der Waals surface area contributed by atoms with Crippen molar-refractivity contribution in [3.05, 3.63) is 12.4 Å². The van der Waals surface area contributed by atoms with Crippen molar-refractivity contribution in [3.63, 3.8) is 0 Å². The first kappa shape index (κ1) is 13.4. The second kappa shape index (κ2) is 5.33. The first-order valence-electron chi connectivity index (χ1n) is 7.24. The Morgan fingerprint density at radius 2 is 2.06 bits per heavy atom. The molecule has 0 radical (unpaired) electrons. The van der Waals surface area contributed by atoms with Gasteiger partial charge in [0.05, 0.1) is 0 Å². The average Bonchev–Trinajstić information content (AvgIpc) is 2.68. The molecule has 102 valence electrons. The molecule has 1 aromatic rings. The number of nitrogens with one attached hydrogen (secondary N) is 1. The van der Waals surface area contributed by atoms with Gasteiger partial charge in [-0.3, -0.25) is 0 Å². The Hall–Kier alpha value is -0.990. The normalized spacial score (nSPS) is 20.3. The number of hydrogen-bond acceptors (Lipinski definition) is 2. The molecule has 0 aliphatic heterocycles. The number of imidazole rings is 1. The summed E-state index contributed by atoms with van der Waals surface area (Å²) in [5.74, 6) is 1.71. The number of hydrogen-bond donors (Lipinski definition) is 1. The van der Waals surface area contributed by atoms with Crippen LogP contribution < -0.4 is 5.32 Å². The molecular weight excluding hydrogens is 222 g/mol. The minimum atomic E-state index is 0.533. The minimum absolute atomic E-state index is 0.533. The summed E-state index contributed by atoms with van der Waals surface area (Å²) in [5, 5.41) is 3.62. The Bertz CT molecular complexity index is 369. The van der Waals surface area contributed by atoms with E-state index in [2.05, 4.69) is 48.8 Å². The smallest absolute Gasteiger partial charge is 0.202 e. The van der Waals surface area contributed by atoms with Crippen molar-refractivity contribution in [1.82, 2.24) is 9.55 Å². The van der Waals surface area contributed by atoms with Crippen LogP contribution in [-0.2, 0) is 6.54 Å². The van der Waals surface area contributed by atoms with Gasteiger partial charge in [-0.2, -0.15) is 0 Å². The van der Waals surface area contributed by atoms with E-state index in [0.29, 0.717) is 17.4 Å². The van der Waals surface area contributed by atoms with Crippen molar-refractivity contribution in [1.29, 1.82) is 0 Å². The van der Waals surface area contributed by atoms with E-state index in [0.717, 1.165) is 12.5 Å². The van der Waals surface area contributed by atoms with Gasteiger partial charge in [-0.15, -0.1) is 0 Å². The first-order valence-corrected chi connectivity index (χ1v) is 7.24. The summed E-state index contributed by atoms with van der Waals surface area (Å²) in [5.41, 5.74) is 0.533. The topological polar surface area (TPSA) is 29.9 Å². The molecule has 1 N–H and O–H groups in total. The highest BCUT2D eigenvalue weighted by Gasteiger charge is 2.27. The second-order valence-corrected chi connectivity index (χ2v) is 6.88. The van der Waals surface area contributed by atoms with Gasteiger partial charge < -0.3 is 9.88 Å². The SMILES string of the molecule is CC(C)Cn1ccnc1NC1CCC(C)(C)CC1. The van der Waals surface area contributed by atoms with Crippen LogP contribution in [0.1, 0.15) is 53.4 Å². The zero-order valence-corrected chi connectivity index (χ0v) is 12.2. The van der Waals surface area contributed by atoms with E-state index in [-0.39, 0.29) is 0 Å².